The molecule has 0 amide bonds. The predicted molar refractivity (Wildman–Crippen MR) is 138 cm³/mol. The van der Waals surface area contributed by atoms with Gasteiger partial charge in [-0.2, -0.15) is 0 Å². The summed E-state index contributed by atoms with van der Waals surface area (Å²) in [4.78, 5) is 12.8. The van der Waals surface area contributed by atoms with Crippen LogP contribution in [0.1, 0.15) is 25.8 Å². The Labute approximate surface area is 204 Å². The Balaban J connectivity index is 3.75. The van der Waals surface area contributed by atoms with Gasteiger partial charge in [0.2, 0.25) is 22.4 Å². The minimum atomic E-state index is -2.02. The van der Waals surface area contributed by atoms with Gasteiger partial charge in [0.25, 0.3) is 0 Å². The number of rotatable bonds is 12. The molecule has 185 valence electrons. The molecular weight excluding hydrogens is 473 g/mol. The lowest BCUT2D eigenvalue weighted by Gasteiger charge is -2.29. The van der Waals surface area contributed by atoms with Crippen LogP contribution in [-0.4, -0.2) is 60.8 Å². The summed E-state index contributed by atoms with van der Waals surface area (Å²) in [6, 6.07) is 1.77. The normalized spacial score (nSPS) is 12.8. The monoisotopic (exact) mass is 511 g/mol. The van der Waals surface area contributed by atoms with Crippen molar-refractivity contribution in [3.8, 4) is 17.2 Å². The van der Waals surface area contributed by atoms with Gasteiger partial charge in [-0.05, 0) is 57.7 Å². The molecule has 10 heteroatoms. The number of benzene rings is 1. The summed E-state index contributed by atoms with van der Waals surface area (Å²) in [5.41, 5.74) is 0.485. The summed E-state index contributed by atoms with van der Waals surface area (Å²) in [6.45, 7) is 16.9. The van der Waals surface area contributed by atoms with Crippen molar-refractivity contribution in [2.45, 2.75) is 59.6 Å². The standard InChI is InChI=1S/C23H39O7Si3/c1-15(2)12-13-28-23(24)21(27-5)18(25-3)16-14-17(29-32(6,7)8)20(30-33(9,10)11)22(31)19(16)26-4/h14-15H,12-13H2,1-11H3. The average Bonchev–Trinajstić information content (AvgIpc) is 2.66. The molecule has 0 bridgehead atoms. The molecule has 0 heterocycles. The van der Waals surface area contributed by atoms with Crippen LogP contribution < -0.4 is 18.8 Å². The minimum Gasteiger partial charge on any atom is -0.542 e. The van der Waals surface area contributed by atoms with Gasteiger partial charge in [0.05, 0.1) is 43.7 Å². The summed E-state index contributed by atoms with van der Waals surface area (Å²) in [5, 5.41) is 0.573. The van der Waals surface area contributed by atoms with E-state index in [0.29, 0.717) is 33.9 Å². The van der Waals surface area contributed by atoms with Crippen molar-refractivity contribution in [2.75, 3.05) is 27.9 Å². The lowest BCUT2D eigenvalue weighted by molar-refractivity contribution is -0.143. The van der Waals surface area contributed by atoms with Gasteiger partial charge >= 0.3 is 5.97 Å². The van der Waals surface area contributed by atoms with E-state index in [1.54, 1.807) is 13.2 Å². The molecular formula is C23H39O7Si3. The molecule has 0 aliphatic rings. The van der Waals surface area contributed by atoms with Crippen LogP contribution in [0.15, 0.2) is 11.8 Å². The van der Waals surface area contributed by atoms with Crippen molar-refractivity contribution >= 4 is 43.8 Å². The first kappa shape index (κ1) is 29.1. The Morgan fingerprint density at radius 3 is 1.94 bits per heavy atom. The van der Waals surface area contributed by atoms with Crippen molar-refractivity contribution < 1.29 is 32.6 Å². The Bertz CT molecular complexity index is 853. The topological polar surface area (TPSA) is 72.5 Å². The van der Waals surface area contributed by atoms with Gasteiger partial charge in [-0.15, -0.1) is 0 Å². The highest BCUT2D eigenvalue weighted by atomic mass is 28.4. The number of hydrogen-bond acceptors (Lipinski definition) is 7. The van der Waals surface area contributed by atoms with Crippen molar-refractivity contribution in [1.82, 2.24) is 0 Å². The van der Waals surface area contributed by atoms with E-state index in [0.717, 1.165) is 6.42 Å². The van der Waals surface area contributed by atoms with Crippen LogP contribution in [0.2, 0.25) is 39.3 Å². The average molecular weight is 512 g/mol. The van der Waals surface area contributed by atoms with Crippen LogP contribution >= 0.6 is 0 Å². The number of carbonyl (C=O) groups excluding carboxylic acids is 1. The van der Waals surface area contributed by atoms with Crippen molar-refractivity contribution in [3.63, 3.8) is 0 Å². The molecule has 3 radical (unpaired) electrons. The molecule has 0 aromatic heterocycles. The van der Waals surface area contributed by atoms with Gasteiger partial charge in [0.1, 0.15) is 17.2 Å². The summed E-state index contributed by atoms with van der Waals surface area (Å²) in [6.07, 6.45) is 0.747. The second kappa shape index (κ2) is 12.0. The molecule has 1 aromatic carbocycles. The highest BCUT2D eigenvalue weighted by Crippen LogP contribution is 2.39. The lowest BCUT2D eigenvalue weighted by atomic mass is 10.1. The molecule has 33 heavy (non-hydrogen) atoms. The number of methoxy groups -OCH3 is 3. The van der Waals surface area contributed by atoms with Gasteiger partial charge in [-0.25, -0.2) is 4.79 Å². The van der Waals surface area contributed by atoms with Crippen LogP contribution in [0.3, 0.4) is 0 Å². The fraction of sp³-hybridized carbons (Fsp3) is 0.609. The second-order valence-electron chi connectivity index (χ2n) is 9.97. The Morgan fingerprint density at radius 1 is 0.939 bits per heavy atom. The van der Waals surface area contributed by atoms with E-state index in [4.69, 9.17) is 27.8 Å². The molecule has 0 unspecified atom stereocenters. The quantitative estimate of drug-likeness (QED) is 0.177. The third kappa shape index (κ3) is 8.74. The van der Waals surface area contributed by atoms with E-state index in [-0.39, 0.29) is 18.1 Å². The van der Waals surface area contributed by atoms with Crippen LogP contribution in [0.5, 0.6) is 17.2 Å². The number of esters is 1. The molecule has 0 aliphatic heterocycles. The summed E-state index contributed by atoms with van der Waals surface area (Å²) in [7, 11) is 4.11. The highest BCUT2D eigenvalue weighted by Gasteiger charge is 2.31. The molecule has 0 aliphatic carbocycles. The second-order valence-corrected chi connectivity index (χ2v) is 19.3. The fourth-order valence-corrected chi connectivity index (χ4v) is 5.00. The van der Waals surface area contributed by atoms with Crippen LogP contribution in [0, 0.1) is 5.92 Å². The zero-order chi connectivity index (χ0) is 25.6. The number of carbonyl (C=O) groups is 1. The van der Waals surface area contributed by atoms with Gasteiger partial charge in [0, 0.05) is 5.19 Å². The molecule has 7 nitrogen and oxygen atoms in total. The maximum Gasteiger partial charge on any atom is 0.377 e. The molecule has 0 saturated carbocycles. The zero-order valence-electron chi connectivity index (χ0n) is 21.9. The smallest absolute Gasteiger partial charge is 0.377 e. The first-order valence-electron chi connectivity index (χ1n) is 11.0. The fourth-order valence-electron chi connectivity index (χ4n) is 2.86. The van der Waals surface area contributed by atoms with Crippen molar-refractivity contribution in [3.05, 3.63) is 17.4 Å². The third-order valence-electron chi connectivity index (χ3n) is 4.20. The van der Waals surface area contributed by atoms with E-state index in [2.05, 4.69) is 63.4 Å². The van der Waals surface area contributed by atoms with Crippen LogP contribution in [-0.2, 0) is 19.0 Å². The van der Waals surface area contributed by atoms with E-state index in [1.165, 1.54) is 14.2 Å². The zero-order valence-corrected chi connectivity index (χ0v) is 24.9. The van der Waals surface area contributed by atoms with E-state index < -0.39 is 22.6 Å². The lowest BCUT2D eigenvalue weighted by Crippen LogP contribution is -2.35. The number of ether oxygens (including phenoxy) is 4. The Kier molecular flexibility index (Phi) is 10.6. The first-order valence-corrected chi connectivity index (χ1v) is 18.3. The molecule has 1 rings (SSSR count). The van der Waals surface area contributed by atoms with Gasteiger partial charge in [-0.3, -0.25) is 0 Å². The largest absolute Gasteiger partial charge is 0.542 e. The third-order valence-corrected chi connectivity index (χ3v) is 6.30. The summed E-state index contributed by atoms with van der Waals surface area (Å²) in [5.74, 6) is 1.49. The van der Waals surface area contributed by atoms with Gasteiger partial charge < -0.3 is 27.8 Å². The van der Waals surface area contributed by atoms with Gasteiger partial charge in [0.15, 0.2) is 5.76 Å². The molecule has 0 saturated heterocycles. The number of hydrogen-bond donors (Lipinski definition) is 0. The molecule has 0 atom stereocenters. The van der Waals surface area contributed by atoms with E-state index >= 15 is 0 Å². The van der Waals surface area contributed by atoms with Crippen LogP contribution in [0.4, 0.5) is 0 Å². The molecule has 0 N–H and O–H groups in total. The van der Waals surface area contributed by atoms with E-state index in [9.17, 15) is 4.79 Å². The Hall–Kier alpha value is -1.92. The molecule has 0 spiro atoms. The maximum absolute atomic E-state index is 12.8. The van der Waals surface area contributed by atoms with Crippen molar-refractivity contribution in [2.24, 2.45) is 5.92 Å². The first-order chi connectivity index (χ1) is 15.1. The van der Waals surface area contributed by atoms with Crippen molar-refractivity contribution in [1.29, 1.82) is 0 Å². The highest BCUT2D eigenvalue weighted by molar-refractivity contribution is 6.71. The Morgan fingerprint density at radius 2 is 1.52 bits per heavy atom. The molecule has 0 fully saturated rings. The predicted octanol–water partition coefficient (Wildman–Crippen LogP) is 4.47. The van der Waals surface area contributed by atoms with Crippen LogP contribution in [0.25, 0.3) is 5.76 Å². The minimum absolute atomic E-state index is 0.0524. The maximum atomic E-state index is 12.8. The summed E-state index contributed by atoms with van der Waals surface area (Å²) < 4.78 is 34.9. The summed E-state index contributed by atoms with van der Waals surface area (Å²) >= 11 is 0. The molecule has 1 aromatic rings. The van der Waals surface area contributed by atoms with E-state index in [1.807, 2.05) is 0 Å². The van der Waals surface area contributed by atoms with Gasteiger partial charge in [-0.1, -0.05) is 13.8 Å². The SMILES string of the molecule is COC(C(=O)OCCC(C)C)=C(OC)c1cc(O[Si](C)(C)C)c(O[Si](C)(C)C)c([Si])c1OC.